The zero-order chi connectivity index (χ0) is 12.5. The van der Waals surface area contributed by atoms with Gasteiger partial charge in [-0.2, -0.15) is 0 Å². The highest BCUT2D eigenvalue weighted by Crippen LogP contribution is 2.16. The fourth-order valence-electron chi connectivity index (χ4n) is 1.84. The molecule has 1 amide bonds. The molecule has 4 heteroatoms. The first-order chi connectivity index (χ1) is 8.22. The van der Waals surface area contributed by atoms with Gasteiger partial charge in [-0.1, -0.05) is 12.2 Å². The SMILES string of the molecule is CCOC(=O)CCC(=O)NCC1CC=CCC1. The molecule has 0 spiro atoms. The van der Waals surface area contributed by atoms with Crippen LogP contribution in [0.2, 0.25) is 0 Å². The molecule has 1 rings (SSSR count). The number of carbonyl (C=O) groups is 2. The van der Waals surface area contributed by atoms with Crippen LogP contribution in [0, 0.1) is 5.92 Å². The molecule has 17 heavy (non-hydrogen) atoms. The van der Waals surface area contributed by atoms with E-state index < -0.39 is 0 Å². The first-order valence-corrected chi connectivity index (χ1v) is 6.29. The van der Waals surface area contributed by atoms with Crippen LogP contribution in [-0.2, 0) is 14.3 Å². The molecular weight excluding hydrogens is 218 g/mol. The molecule has 96 valence electrons. The summed E-state index contributed by atoms with van der Waals surface area (Å²) in [4.78, 5) is 22.5. The molecule has 0 aromatic rings. The molecule has 0 fully saturated rings. The van der Waals surface area contributed by atoms with Crippen molar-refractivity contribution in [3.63, 3.8) is 0 Å². The van der Waals surface area contributed by atoms with Gasteiger partial charge in [-0.05, 0) is 32.1 Å². The van der Waals surface area contributed by atoms with E-state index in [4.69, 9.17) is 4.74 Å². The first kappa shape index (κ1) is 13.7. The van der Waals surface area contributed by atoms with Gasteiger partial charge in [0.05, 0.1) is 13.0 Å². The number of allylic oxidation sites excluding steroid dienone is 2. The standard InChI is InChI=1S/C13H21NO3/c1-2-17-13(16)9-8-12(15)14-10-11-6-4-3-5-7-11/h3-4,11H,2,5-10H2,1H3,(H,14,15). The van der Waals surface area contributed by atoms with Gasteiger partial charge in [0.2, 0.25) is 5.91 Å². The van der Waals surface area contributed by atoms with E-state index in [0.717, 1.165) is 19.3 Å². The number of esters is 1. The number of hydrogen-bond donors (Lipinski definition) is 1. The molecule has 0 aliphatic heterocycles. The largest absolute Gasteiger partial charge is 0.466 e. The molecule has 0 saturated carbocycles. The second kappa shape index (κ2) is 7.87. The molecule has 0 bridgehead atoms. The lowest BCUT2D eigenvalue weighted by Gasteiger charge is -2.17. The average Bonchev–Trinajstić information content (AvgIpc) is 2.35. The van der Waals surface area contributed by atoms with Crippen LogP contribution in [0.15, 0.2) is 12.2 Å². The van der Waals surface area contributed by atoms with Crippen molar-refractivity contribution in [3.8, 4) is 0 Å². The van der Waals surface area contributed by atoms with Crippen LogP contribution in [0.5, 0.6) is 0 Å². The number of rotatable bonds is 6. The van der Waals surface area contributed by atoms with Gasteiger partial charge in [-0.15, -0.1) is 0 Å². The maximum absolute atomic E-state index is 11.5. The van der Waals surface area contributed by atoms with Crippen molar-refractivity contribution in [3.05, 3.63) is 12.2 Å². The summed E-state index contributed by atoms with van der Waals surface area (Å²) in [5, 5.41) is 2.87. The van der Waals surface area contributed by atoms with Crippen molar-refractivity contribution in [2.24, 2.45) is 5.92 Å². The molecular formula is C13H21NO3. The van der Waals surface area contributed by atoms with Gasteiger partial charge in [0.1, 0.15) is 0 Å². The number of amides is 1. The molecule has 4 nitrogen and oxygen atoms in total. The van der Waals surface area contributed by atoms with E-state index in [-0.39, 0.29) is 24.7 Å². The highest BCUT2D eigenvalue weighted by atomic mass is 16.5. The minimum absolute atomic E-state index is 0.0624. The highest BCUT2D eigenvalue weighted by Gasteiger charge is 2.12. The molecule has 1 N–H and O–H groups in total. The number of nitrogens with one attached hydrogen (secondary N) is 1. The van der Waals surface area contributed by atoms with Crippen LogP contribution in [0.3, 0.4) is 0 Å². The number of hydrogen-bond acceptors (Lipinski definition) is 3. The Morgan fingerprint density at radius 1 is 1.35 bits per heavy atom. The molecule has 1 atom stereocenters. The maximum atomic E-state index is 11.5. The van der Waals surface area contributed by atoms with Crippen LogP contribution in [-0.4, -0.2) is 25.0 Å². The quantitative estimate of drug-likeness (QED) is 0.568. The Morgan fingerprint density at radius 3 is 2.82 bits per heavy atom. The lowest BCUT2D eigenvalue weighted by atomic mass is 9.94. The summed E-state index contributed by atoms with van der Waals surface area (Å²) in [6, 6.07) is 0. The normalized spacial score (nSPS) is 18.8. The summed E-state index contributed by atoms with van der Waals surface area (Å²) < 4.78 is 4.76. The van der Waals surface area contributed by atoms with E-state index in [1.54, 1.807) is 6.92 Å². The molecule has 0 saturated heterocycles. The Bertz CT molecular complexity index is 286. The average molecular weight is 239 g/mol. The molecule has 1 aliphatic rings. The summed E-state index contributed by atoms with van der Waals surface area (Å²) in [5.74, 6) is 0.183. The molecule has 0 aromatic heterocycles. The van der Waals surface area contributed by atoms with Gasteiger partial charge in [0.25, 0.3) is 0 Å². The van der Waals surface area contributed by atoms with E-state index in [1.807, 2.05) is 0 Å². The summed E-state index contributed by atoms with van der Waals surface area (Å²) >= 11 is 0. The first-order valence-electron chi connectivity index (χ1n) is 6.29. The summed E-state index contributed by atoms with van der Waals surface area (Å²) in [6.07, 6.45) is 8.01. The van der Waals surface area contributed by atoms with Gasteiger partial charge < -0.3 is 10.1 Å². The lowest BCUT2D eigenvalue weighted by molar-refractivity contribution is -0.144. The smallest absolute Gasteiger partial charge is 0.306 e. The predicted octanol–water partition coefficient (Wildman–Crippen LogP) is 1.80. The van der Waals surface area contributed by atoms with E-state index in [9.17, 15) is 9.59 Å². The summed E-state index contributed by atoms with van der Waals surface area (Å²) in [7, 11) is 0. The molecule has 1 aliphatic carbocycles. The second-order valence-electron chi connectivity index (χ2n) is 4.26. The Hall–Kier alpha value is -1.32. The fourth-order valence-corrected chi connectivity index (χ4v) is 1.84. The fraction of sp³-hybridized carbons (Fsp3) is 0.692. The highest BCUT2D eigenvalue weighted by molar-refractivity contribution is 5.81. The Kier molecular flexibility index (Phi) is 6.37. The minimum atomic E-state index is -0.303. The Balaban J connectivity index is 2.08. The minimum Gasteiger partial charge on any atom is -0.466 e. The van der Waals surface area contributed by atoms with Gasteiger partial charge in [-0.25, -0.2) is 0 Å². The van der Waals surface area contributed by atoms with E-state index in [1.165, 1.54) is 0 Å². The number of carbonyl (C=O) groups excluding carboxylic acids is 2. The van der Waals surface area contributed by atoms with Gasteiger partial charge in [0, 0.05) is 13.0 Å². The maximum Gasteiger partial charge on any atom is 0.306 e. The number of ether oxygens (including phenoxy) is 1. The van der Waals surface area contributed by atoms with Crippen LogP contribution in [0.25, 0.3) is 0 Å². The second-order valence-corrected chi connectivity index (χ2v) is 4.26. The third-order valence-electron chi connectivity index (χ3n) is 2.83. The van der Waals surface area contributed by atoms with E-state index >= 15 is 0 Å². The van der Waals surface area contributed by atoms with Crippen molar-refractivity contribution < 1.29 is 14.3 Å². The monoisotopic (exact) mass is 239 g/mol. The topological polar surface area (TPSA) is 55.4 Å². The molecule has 0 radical (unpaired) electrons. The van der Waals surface area contributed by atoms with Crippen molar-refractivity contribution in [1.82, 2.24) is 5.32 Å². The molecule has 1 unspecified atom stereocenters. The van der Waals surface area contributed by atoms with Gasteiger partial charge >= 0.3 is 5.97 Å². The lowest BCUT2D eigenvalue weighted by Crippen LogP contribution is -2.30. The van der Waals surface area contributed by atoms with Crippen molar-refractivity contribution in [1.29, 1.82) is 0 Å². The van der Waals surface area contributed by atoms with Gasteiger partial charge in [-0.3, -0.25) is 9.59 Å². The van der Waals surface area contributed by atoms with Crippen LogP contribution in [0.4, 0.5) is 0 Å². The molecule has 0 heterocycles. The van der Waals surface area contributed by atoms with E-state index in [2.05, 4.69) is 17.5 Å². The van der Waals surface area contributed by atoms with Crippen molar-refractivity contribution in [2.75, 3.05) is 13.2 Å². The summed E-state index contributed by atoms with van der Waals surface area (Å²) in [6.45, 7) is 2.84. The van der Waals surface area contributed by atoms with Crippen molar-refractivity contribution in [2.45, 2.75) is 39.0 Å². The zero-order valence-corrected chi connectivity index (χ0v) is 10.4. The van der Waals surface area contributed by atoms with Crippen LogP contribution >= 0.6 is 0 Å². The third kappa shape index (κ3) is 6.09. The predicted molar refractivity (Wildman–Crippen MR) is 65.4 cm³/mol. The third-order valence-corrected chi connectivity index (χ3v) is 2.83. The Morgan fingerprint density at radius 2 is 2.18 bits per heavy atom. The summed E-state index contributed by atoms with van der Waals surface area (Å²) in [5.41, 5.74) is 0. The van der Waals surface area contributed by atoms with E-state index in [0.29, 0.717) is 19.1 Å². The van der Waals surface area contributed by atoms with Crippen molar-refractivity contribution >= 4 is 11.9 Å². The van der Waals surface area contributed by atoms with Crippen LogP contribution < -0.4 is 5.32 Å². The van der Waals surface area contributed by atoms with Crippen LogP contribution in [0.1, 0.15) is 39.0 Å². The van der Waals surface area contributed by atoms with Gasteiger partial charge in [0.15, 0.2) is 0 Å². The Labute approximate surface area is 102 Å². The zero-order valence-electron chi connectivity index (χ0n) is 10.4. The molecule has 0 aromatic carbocycles.